The third-order valence-electron chi connectivity index (χ3n) is 14.4. The van der Waals surface area contributed by atoms with Crippen molar-refractivity contribution < 1.29 is 25.2 Å². The third kappa shape index (κ3) is 13.2. The highest BCUT2D eigenvalue weighted by Gasteiger charge is 2.46. The van der Waals surface area contributed by atoms with Gasteiger partial charge in [-0.25, -0.2) is 4.98 Å². The van der Waals surface area contributed by atoms with Crippen LogP contribution in [0.4, 0.5) is 5.82 Å². The smallest absolute Gasteiger partial charge is 0.309 e. The van der Waals surface area contributed by atoms with Crippen molar-refractivity contribution in [2.75, 3.05) is 5.73 Å². The average Bonchev–Trinajstić information content (AvgIpc) is 3.77. The highest BCUT2D eigenvalue weighted by Crippen LogP contribution is 2.46. The minimum absolute atomic E-state index is 0.0130. The molecule has 10 atom stereocenters. The van der Waals surface area contributed by atoms with Crippen LogP contribution in [-0.2, 0) is 17.6 Å². The SMILES string of the molecule is CCCCCC1C=CC(CCCCCC(C(=O)O)C(O)CCC2(O)CC(Cc3ccnc(N)c3)CC2Cc2cc(C(C)CC(C)C3CCCCC3)c[nH]2)C(O)C1. The van der Waals surface area contributed by atoms with E-state index < -0.39 is 23.6 Å². The summed E-state index contributed by atoms with van der Waals surface area (Å²) in [6, 6.07) is 6.22. The highest BCUT2D eigenvalue weighted by molar-refractivity contribution is 5.70. The van der Waals surface area contributed by atoms with Gasteiger partial charge in [0.2, 0.25) is 0 Å². The van der Waals surface area contributed by atoms with Crippen LogP contribution in [0.2, 0.25) is 0 Å². The number of hydrogen-bond donors (Lipinski definition) is 6. The van der Waals surface area contributed by atoms with Crippen LogP contribution in [0.5, 0.6) is 0 Å². The van der Waals surface area contributed by atoms with E-state index >= 15 is 0 Å². The number of hydrogen-bond acceptors (Lipinski definition) is 6. The lowest BCUT2D eigenvalue weighted by atomic mass is 9.76. The van der Waals surface area contributed by atoms with Crippen molar-refractivity contribution in [3.63, 3.8) is 0 Å². The van der Waals surface area contributed by atoms with Crippen LogP contribution in [0.25, 0.3) is 0 Å². The molecular weight excluding hydrogens is 699 g/mol. The zero-order valence-electron chi connectivity index (χ0n) is 35.1. The number of carboxylic acid groups (broad SMARTS) is 1. The van der Waals surface area contributed by atoms with E-state index in [4.69, 9.17) is 5.73 Å². The highest BCUT2D eigenvalue weighted by atomic mass is 16.4. The first-order chi connectivity index (χ1) is 26.9. The molecule has 3 aliphatic carbocycles. The molecule has 2 aromatic rings. The molecule has 0 bridgehead atoms. The van der Waals surface area contributed by atoms with Gasteiger partial charge in [0.1, 0.15) is 5.82 Å². The lowest BCUT2D eigenvalue weighted by Crippen LogP contribution is -2.37. The van der Waals surface area contributed by atoms with E-state index in [2.05, 4.69) is 55.2 Å². The van der Waals surface area contributed by atoms with Gasteiger partial charge >= 0.3 is 5.97 Å². The van der Waals surface area contributed by atoms with E-state index in [1.807, 2.05) is 12.1 Å². The number of aromatic amines is 1. The summed E-state index contributed by atoms with van der Waals surface area (Å²) in [7, 11) is 0. The van der Waals surface area contributed by atoms with Gasteiger partial charge in [0, 0.05) is 24.0 Å². The van der Waals surface area contributed by atoms with Gasteiger partial charge in [0.25, 0.3) is 0 Å². The van der Waals surface area contributed by atoms with Gasteiger partial charge in [-0.2, -0.15) is 0 Å². The molecule has 2 heterocycles. The molecule has 0 saturated heterocycles. The second kappa shape index (κ2) is 21.9. The molecule has 0 aliphatic heterocycles. The van der Waals surface area contributed by atoms with Gasteiger partial charge in [-0.05, 0) is 135 Å². The van der Waals surface area contributed by atoms with Gasteiger partial charge < -0.3 is 31.1 Å². The number of nitrogens with one attached hydrogen (secondary N) is 1. The summed E-state index contributed by atoms with van der Waals surface area (Å²) in [6.07, 6.45) is 28.3. The summed E-state index contributed by atoms with van der Waals surface area (Å²) < 4.78 is 0. The van der Waals surface area contributed by atoms with Crippen molar-refractivity contribution in [2.45, 2.75) is 186 Å². The van der Waals surface area contributed by atoms with Crippen LogP contribution >= 0.6 is 0 Å². The number of aliphatic carboxylic acids is 1. The zero-order valence-corrected chi connectivity index (χ0v) is 35.1. The van der Waals surface area contributed by atoms with Crippen molar-refractivity contribution in [1.29, 1.82) is 0 Å². The standard InChI is InChI=1S/C48H77N3O5/c1-4-5-8-13-35-18-19-39(45(53)27-35)16-11-7-12-17-43(47(54)55)44(52)20-22-48(56)31-37(25-36-21-23-50-46(49)28-36)26-41(48)30-42-29-40(32-51-42)34(3)24-33(2)38-14-9-6-10-15-38/h18-19,21,23,28-29,32-35,37-39,41,43-45,51-53,56H,4-17,20,22,24-27,30-31H2,1-3H3,(H2,49,50)(H,54,55). The molecule has 2 aromatic heterocycles. The van der Waals surface area contributed by atoms with Gasteiger partial charge in [-0.1, -0.05) is 104 Å². The van der Waals surface area contributed by atoms with Crippen molar-refractivity contribution >= 4 is 11.8 Å². The molecule has 8 nitrogen and oxygen atoms in total. The molecule has 56 heavy (non-hydrogen) atoms. The lowest BCUT2D eigenvalue weighted by molar-refractivity contribution is -0.146. The molecule has 0 spiro atoms. The molecule has 0 aromatic carbocycles. The third-order valence-corrected chi connectivity index (χ3v) is 14.4. The number of nitrogen functional groups attached to an aromatic ring is 1. The molecule has 314 valence electrons. The summed E-state index contributed by atoms with van der Waals surface area (Å²) in [6.45, 7) is 7.00. The average molecular weight is 776 g/mol. The molecule has 2 fully saturated rings. The van der Waals surface area contributed by atoms with E-state index in [9.17, 15) is 25.2 Å². The Balaban J connectivity index is 1.14. The molecule has 10 unspecified atom stereocenters. The molecule has 5 rings (SSSR count). The number of carbonyl (C=O) groups is 1. The minimum Gasteiger partial charge on any atom is -0.481 e. The van der Waals surface area contributed by atoms with Crippen molar-refractivity contribution in [1.82, 2.24) is 9.97 Å². The van der Waals surface area contributed by atoms with E-state index in [1.54, 1.807) is 6.20 Å². The fraction of sp³-hybridized carbons (Fsp3) is 0.750. The second-order valence-electron chi connectivity index (χ2n) is 18.9. The molecule has 8 heteroatoms. The Hall–Kier alpha value is -2.68. The second-order valence-corrected chi connectivity index (χ2v) is 18.9. The summed E-state index contributed by atoms with van der Waals surface area (Å²) in [5.41, 5.74) is 8.59. The summed E-state index contributed by atoms with van der Waals surface area (Å²) >= 11 is 0. The first kappa shape index (κ1) is 44.4. The Labute approximate surface area is 338 Å². The molecule has 0 amide bonds. The number of carboxylic acids is 1. The van der Waals surface area contributed by atoms with Crippen LogP contribution in [0.1, 0.15) is 172 Å². The van der Waals surface area contributed by atoms with Gasteiger partial charge in [-0.15, -0.1) is 0 Å². The zero-order chi connectivity index (χ0) is 40.1. The first-order valence-corrected chi connectivity index (χ1v) is 22.8. The fourth-order valence-electron chi connectivity index (χ4n) is 10.9. The Kier molecular flexibility index (Phi) is 17.4. The van der Waals surface area contributed by atoms with Crippen molar-refractivity contribution in [2.24, 2.45) is 41.4 Å². The van der Waals surface area contributed by atoms with Crippen LogP contribution in [0, 0.1) is 41.4 Å². The lowest BCUT2D eigenvalue weighted by Gasteiger charge is -2.32. The number of anilines is 1. The number of rotatable bonds is 23. The number of unbranched alkanes of at least 4 members (excludes halogenated alkanes) is 4. The quantitative estimate of drug-likeness (QED) is 0.0485. The van der Waals surface area contributed by atoms with Gasteiger partial charge in [0.15, 0.2) is 0 Å². The number of pyridine rings is 1. The molecular formula is C48H77N3O5. The maximum atomic E-state index is 12.4. The molecule has 3 aliphatic rings. The number of aromatic nitrogens is 2. The van der Waals surface area contributed by atoms with Crippen molar-refractivity contribution in [3.05, 3.63) is 59.6 Å². The van der Waals surface area contributed by atoms with E-state index in [0.29, 0.717) is 42.8 Å². The number of nitrogens with zero attached hydrogens (tertiary/aromatic N) is 1. The van der Waals surface area contributed by atoms with Gasteiger partial charge in [-0.3, -0.25) is 4.79 Å². The van der Waals surface area contributed by atoms with E-state index in [0.717, 1.165) is 75.0 Å². The Morgan fingerprint density at radius 2 is 1.79 bits per heavy atom. The maximum Gasteiger partial charge on any atom is 0.309 e. The van der Waals surface area contributed by atoms with Crippen LogP contribution in [-0.4, -0.2) is 54.2 Å². The van der Waals surface area contributed by atoms with E-state index in [1.165, 1.54) is 63.4 Å². The molecule has 0 radical (unpaired) electrons. The number of aliphatic hydroxyl groups excluding tert-OH is 2. The predicted molar refractivity (Wildman–Crippen MR) is 227 cm³/mol. The van der Waals surface area contributed by atoms with Crippen LogP contribution < -0.4 is 5.73 Å². The number of allylic oxidation sites excluding steroid dienone is 1. The Morgan fingerprint density at radius 1 is 1.00 bits per heavy atom. The molecule has 2 saturated carbocycles. The summed E-state index contributed by atoms with van der Waals surface area (Å²) in [4.78, 5) is 20.1. The Bertz CT molecular complexity index is 1490. The van der Waals surface area contributed by atoms with Gasteiger partial charge in [0.05, 0.1) is 23.7 Å². The fourth-order valence-corrected chi connectivity index (χ4v) is 10.9. The summed E-state index contributed by atoms with van der Waals surface area (Å²) in [5, 5.41) is 44.6. The minimum atomic E-state index is -1.02. The Morgan fingerprint density at radius 3 is 2.52 bits per heavy atom. The number of H-pyrrole nitrogens is 1. The topological polar surface area (TPSA) is 153 Å². The first-order valence-electron chi connectivity index (χ1n) is 22.8. The van der Waals surface area contributed by atoms with E-state index in [-0.39, 0.29) is 30.3 Å². The normalized spacial score (nSPS) is 27.9. The predicted octanol–water partition coefficient (Wildman–Crippen LogP) is 10.2. The maximum absolute atomic E-state index is 12.4. The van der Waals surface area contributed by atoms with Crippen LogP contribution in [0.3, 0.4) is 0 Å². The number of nitrogens with two attached hydrogens (primary N) is 1. The van der Waals surface area contributed by atoms with Crippen molar-refractivity contribution in [3.8, 4) is 0 Å². The summed E-state index contributed by atoms with van der Waals surface area (Å²) in [5.74, 6) is 1.58. The van der Waals surface area contributed by atoms with Crippen LogP contribution in [0.15, 0.2) is 42.7 Å². The monoisotopic (exact) mass is 776 g/mol. The number of aliphatic hydroxyl groups is 3. The molecule has 7 N–H and O–H groups in total. The largest absolute Gasteiger partial charge is 0.481 e.